The lowest BCUT2D eigenvalue weighted by Gasteiger charge is -2.10. The predicted molar refractivity (Wildman–Crippen MR) is 114 cm³/mol. The fourth-order valence-electron chi connectivity index (χ4n) is 3.17. The summed E-state index contributed by atoms with van der Waals surface area (Å²) in [5.74, 6) is 1.58. The Bertz CT molecular complexity index is 1070. The van der Waals surface area contributed by atoms with Crippen molar-refractivity contribution in [3.05, 3.63) is 28.9 Å². The minimum atomic E-state index is -0.263. The number of primary amides is 1. The van der Waals surface area contributed by atoms with Crippen molar-refractivity contribution in [2.24, 2.45) is 5.73 Å². The first-order chi connectivity index (χ1) is 14.0. The molecule has 152 valence electrons. The van der Waals surface area contributed by atoms with Gasteiger partial charge in [0.2, 0.25) is 12.7 Å². The summed E-state index contributed by atoms with van der Waals surface area (Å²) in [5.41, 5.74) is 12.9. The fourth-order valence-corrected chi connectivity index (χ4v) is 4.69. The third kappa shape index (κ3) is 4.27. The highest BCUT2D eigenvalue weighted by Gasteiger charge is 2.20. The van der Waals surface area contributed by atoms with Gasteiger partial charge in [-0.2, -0.15) is 0 Å². The molecule has 3 aromatic rings. The lowest BCUT2D eigenvalue weighted by Crippen LogP contribution is -2.09. The molecule has 0 saturated carbocycles. The van der Waals surface area contributed by atoms with Gasteiger partial charge >= 0.3 is 0 Å². The van der Waals surface area contributed by atoms with Crippen molar-refractivity contribution in [3.8, 4) is 11.5 Å². The molecule has 0 radical (unpaired) electrons. The molecular weight excluding hydrogens is 458 g/mol. The Hall–Kier alpha value is -2.46. The van der Waals surface area contributed by atoms with Crippen LogP contribution in [0, 0.1) is 0 Å². The molecule has 1 aliphatic heterocycles. The van der Waals surface area contributed by atoms with E-state index in [1.807, 2.05) is 18.2 Å². The van der Waals surface area contributed by atoms with E-state index in [4.69, 9.17) is 25.9 Å². The van der Waals surface area contributed by atoms with Crippen molar-refractivity contribution in [1.82, 2.24) is 14.5 Å². The average molecular weight is 478 g/mol. The number of amides is 1. The van der Waals surface area contributed by atoms with E-state index in [0.717, 1.165) is 51.6 Å². The molecule has 0 atom stereocenters. The minimum absolute atomic E-state index is 0.224. The maximum absolute atomic E-state index is 10.9. The van der Waals surface area contributed by atoms with Crippen molar-refractivity contribution in [1.29, 1.82) is 0 Å². The summed E-state index contributed by atoms with van der Waals surface area (Å²) >= 11 is 5.12. The second kappa shape index (κ2) is 8.50. The van der Waals surface area contributed by atoms with E-state index >= 15 is 0 Å². The van der Waals surface area contributed by atoms with Crippen LogP contribution in [0.5, 0.6) is 11.5 Å². The van der Waals surface area contributed by atoms with Gasteiger partial charge in [0, 0.05) is 28.5 Å². The molecule has 4 rings (SSSR count). The van der Waals surface area contributed by atoms with E-state index < -0.39 is 0 Å². The number of fused-ring (bicyclic) bond motifs is 2. The quantitative estimate of drug-likeness (QED) is 0.474. The van der Waals surface area contributed by atoms with Gasteiger partial charge in [-0.25, -0.2) is 9.97 Å². The molecule has 1 aromatic carbocycles. The number of nitrogens with zero attached hydrogens (tertiary/aromatic N) is 3. The van der Waals surface area contributed by atoms with E-state index in [-0.39, 0.29) is 12.7 Å². The first-order valence-electron chi connectivity index (χ1n) is 9.19. The monoisotopic (exact) mass is 477 g/mol. The van der Waals surface area contributed by atoms with Crippen LogP contribution in [-0.2, 0) is 11.3 Å². The van der Waals surface area contributed by atoms with E-state index in [2.05, 4.69) is 25.5 Å². The summed E-state index contributed by atoms with van der Waals surface area (Å²) < 4.78 is 14.0. The third-order valence-electron chi connectivity index (χ3n) is 4.59. The highest BCUT2D eigenvalue weighted by Crippen LogP contribution is 2.43. The smallest absolute Gasteiger partial charge is 0.231 e. The zero-order valence-electron chi connectivity index (χ0n) is 15.6. The van der Waals surface area contributed by atoms with E-state index in [0.29, 0.717) is 23.5 Å². The van der Waals surface area contributed by atoms with E-state index in [9.17, 15) is 4.79 Å². The van der Waals surface area contributed by atoms with Gasteiger partial charge in [0.25, 0.3) is 0 Å². The number of imidazole rings is 1. The molecule has 3 heterocycles. The summed E-state index contributed by atoms with van der Waals surface area (Å²) in [4.78, 5) is 20.8. The third-order valence-corrected chi connectivity index (χ3v) is 6.56. The number of aromatic nitrogens is 3. The molecule has 0 spiro atoms. The molecule has 0 saturated heterocycles. The summed E-state index contributed by atoms with van der Waals surface area (Å²) in [6, 6.07) is 5.76. The highest BCUT2D eigenvalue weighted by atomic mass is 79.9. The van der Waals surface area contributed by atoms with Gasteiger partial charge in [0.15, 0.2) is 22.5 Å². The number of carbonyl (C=O) groups excluding carboxylic acids is 1. The maximum atomic E-state index is 10.9. The number of ether oxygens (including phenoxy) is 2. The molecule has 29 heavy (non-hydrogen) atoms. The highest BCUT2D eigenvalue weighted by molar-refractivity contribution is 9.10. The maximum Gasteiger partial charge on any atom is 0.231 e. The first-order valence-corrected chi connectivity index (χ1v) is 10.8. The Morgan fingerprint density at radius 1 is 1.24 bits per heavy atom. The van der Waals surface area contributed by atoms with Gasteiger partial charge < -0.3 is 25.5 Å². The van der Waals surface area contributed by atoms with Crippen LogP contribution < -0.4 is 20.9 Å². The first kappa shape index (κ1) is 19.8. The van der Waals surface area contributed by atoms with Crippen molar-refractivity contribution < 1.29 is 14.3 Å². The number of hydrogen-bond acceptors (Lipinski definition) is 7. The number of aryl methyl sites for hydroxylation is 1. The van der Waals surface area contributed by atoms with Crippen LogP contribution >= 0.6 is 27.7 Å². The summed E-state index contributed by atoms with van der Waals surface area (Å²) in [5, 5.41) is 0.814. The van der Waals surface area contributed by atoms with Crippen LogP contribution in [0.25, 0.3) is 11.0 Å². The number of anilines is 1. The van der Waals surface area contributed by atoms with Crippen molar-refractivity contribution in [2.75, 3.05) is 12.5 Å². The SMILES string of the molecule is NC(=O)CCCCCn1c(Sc2cc3c(cc2Br)OCO3)nc2c(N)nccc21. The van der Waals surface area contributed by atoms with Crippen molar-refractivity contribution >= 4 is 50.5 Å². The van der Waals surface area contributed by atoms with Crippen molar-refractivity contribution in [2.45, 2.75) is 42.3 Å². The molecular formula is C19H20BrN5O3S. The number of halogens is 1. The Kier molecular flexibility index (Phi) is 5.81. The number of benzene rings is 1. The average Bonchev–Trinajstić information content (AvgIpc) is 3.27. The zero-order chi connectivity index (χ0) is 20.4. The molecule has 0 aliphatic carbocycles. The van der Waals surface area contributed by atoms with E-state index in [1.165, 1.54) is 11.8 Å². The summed E-state index contributed by atoms with van der Waals surface area (Å²) in [6.07, 6.45) is 4.68. The Morgan fingerprint density at radius 3 is 2.83 bits per heavy atom. The standard InChI is InChI=1S/C19H20BrN5O3S/c20-11-8-13-14(28-10-27-13)9-15(11)29-19-24-17-12(5-6-23-18(17)22)25(19)7-3-1-2-4-16(21)26/h5-6,8-9H,1-4,7,10H2,(H2,21,26)(H2,22,23). The molecule has 10 heteroatoms. The van der Waals surface area contributed by atoms with Crippen LogP contribution in [0.4, 0.5) is 5.82 Å². The number of unbranched alkanes of at least 4 members (excludes halogenated alkanes) is 2. The molecule has 1 amide bonds. The number of carbonyl (C=O) groups is 1. The Labute approximate surface area is 180 Å². The van der Waals surface area contributed by atoms with Crippen LogP contribution in [-0.4, -0.2) is 27.2 Å². The zero-order valence-corrected chi connectivity index (χ0v) is 18.0. The van der Waals surface area contributed by atoms with Crippen LogP contribution in [0.3, 0.4) is 0 Å². The lowest BCUT2D eigenvalue weighted by molar-refractivity contribution is -0.118. The van der Waals surface area contributed by atoms with Crippen LogP contribution in [0.2, 0.25) is 0 Å². The largest absolute Gasteiger partial charge is 0.454 e. The number of nitrogens with two attached hydrogens (primary N) is 2. The molecule has 4 N–H and O–H groups in total. The number of pyridine rings is 1. The van der Waals surface area contributed by atoms with Crippen molar-refractivity contribution in [3.63, 3.8) is 0 Å². The van der Waals surface area contributed by atoms with Gasteiger partial charge in [-0.1, -0.05) is 18.2 Å². The van der Waals surface area contributed by atoms with Gasteiger partial charge in [-0.3, -0.25) is 4.79 Å². The van der Waals surface area contributed by atoms with Gasteiger partial charge in [-0.15, -0.1) is 0 Å². The molecule has 0 unspecified atom stereocenters. The Balaban J connectivity index is 1.61. The summed E-state index contributed by atoms with van der Waals surface area (Å²) in [6.45, 7) is 0.977. The van der Waals surface area contributed by atoms with Gasteiger partial charge in [-0.05, 0) is 47.0 Å². The number of rotatable bonds is 8. The Morgan fingerprint density at radius 2 is 2.03 bits per heavy atom. The number of nitrogen functional groups attached to an aromatic ring is 1. The fraction of sp³-hybridized carbons (Fsp3) is 0.316. The van der Waals surface area contributed by atoms with E-state index in [1.54, 1.807) is 6.20 Å². The second-order valence-electron chi connectivity index (χ2n) is 6.62. The van der Waals surface area contributed by atoms with Crippen LogP contribution in [0.1, 0.15) is 25.7 Å². The summed E-state index contributed by atoms with van der Waals surface area (Å²) in [7, 11) is 0. The lowest BCUT2D eigenvalue weighted by atomic mass is 10.2. The topological polar surface area (TPSA) is 118 Å². The normalized spacial score (nSPS) is 12.6. The second-order valence-corrected chi connectivity index (χ2v) is 8.49. The molecule has 0 fully saturated rings. The molecule has 8 nitrogen and oxygen atoms in total. The number of hydrogen-bond donors (Lipinski definition) is 2. The van der Waals surface area contributed by atoms with Crippen LogP contribution in [0.15, 0.2) is 38.9 Å². The van der Waals surface area contributed by atoms with Gasteiger partial charge in [0.05, 0.1) is 5.52 Å². The predicted octanol–water partition coefficient (Wildman–Crippen LogP) is 3.70. The molecule has 1 aliphatic rings. The van der Waals surface area contributed by atoms with Gasteiger partial charge in [0.1, 0.15) is 5.52 Å². The molecule has 2 aromatic heterocycles. The molecule has 0 bridgehead atoms. The minimum Gasteiger partial charge on any atom is -0.454 e.